The number of rotatable bonds is 7. The Bertz CT molecular complexity index is 922. The number of hydrogen-bond donors (Lipinski definition) is 2. The summed E-state index contributed by atoms with van der Waals surface area (Å²) in [4.78, 5) is 12.8. The fraction of sp³-hybridized carbons (Fsp3) is 0.350. The molecule has 7 heteroatoms. The third kappa shape index (κ3) is 4.93. The van der Waals surface area contributed by atoms with Crippen molar-refractivity contribution >= 4 is 15.9 Å². The lowest BCUT2D eigenvalue weighted by molar-refractivity contribution is 0.0925. The summed E-state index contributed by atoms with van der Waals surface area (Å²) in [6.45, 7) is 3.91. The monoisotopic (exact) mass is 390 g/mol. The zero-order valence-corrected chi connectivity index (χ0v) is 16.1. The van der Waals surface area contributed by atoms with Gasteiger partial charge in [-0.05, 0) is 54.7 Å². The maximum atomic E-state index is 13.2. The van der Waals surface area contributed by atoms with Gasteiger partial charge in [0.15, 0.2) is 0 Å². The van der Waals surface area contributed by atoms with Gasteiger partial charge in [-0.15, -0.1) is 0 Å². The van der Waals surface area contributed by atoms with Crippen LogP contribution in [0.4, 0.5) is 4.39 Å². The van der Waals surface area contributed by atoms with Gasteiger partial charge in [0.05, 0.1) is 10.9 Å². The molecule has 1 aliphatic rings. The van der Waals surface area contributed by atoms with Gasteiger partial charge in [-0.25, -0.2) is 17.5 Å². The van der Waals surface area contributed by atoms with Crippen molar-refractivity contribution in [1.82, 2.24) is 10.0 Å². The first-order chi connectivity index (χ1) is 12.8. The minimum Gasteiger partial charge on any atom is -0.345 e. The van der Waals surface area contributed by atoms with E-state index in [1.807, 2.05) is 13.8 Å². The van der Waals surface area contributed by atoms with E-state index >= 15 is 0 Å². The summed E-state index contributed by atoms with van der Waals surface area (Å²) in [6, 6.07) is 11.7. The summed E-state index contributed by atoms with van der Waals surface area (Å²) in [5.74, 6) is -0.641. The molecule has 0 radical (unpaired) electrons. The number of carbonyl (C=O) groups excluding carboxylic acids is 1. The van der Waals surface area contributed by atoms with E-state index in [1.165, 1.54) is 24.3 Å². The summed E-state index contributed by atoms with van der Waals surface area (Å²) >= 11 is 0. The maximum Gasteiger partial charge on any atom is 0.251 e. The summed E-state index contributed by atoms with van der Waals surface area (Å²) in [6.07, 6.45) is 1.68. The quantitative estimate of drug-likeness (QED) is 0.761. The van der Waals surface area contributed by atoms with Crippen LogP contribution in [0.15, 0.2) is 53.4 Å². The van der Waals surface area contributed by atoms with Crippen LogP contribution in [0.25, 0.3) is 0 Å². The van der Waals surface area contributed by atoms with Crippen molar-refractivity contribution in [2.75, 3.05) is 0 Å². The van der Waals surface area contributed by atoms with Gasteiger partial charge in [0.1, 0.15) is 5.82 Å². The van der Waals surface area contributed by atoms with Crippen molar-refractivity contribution in [2.24, 2.45) is 5.92 Å². The van der Waals surface area contributed by atoms with Crippen LogP contribution in [0, 0.1) is 11.7 Å². The van der Waals surface area contributed by atoms with Crippen LogP contribution in [0.5, 0.6) is 0 Å². The van der Waals surface area contributed by atoms with Gasteiger partial charge in [0.25, 0.3) is 5.91 Å². The highest BCUT2D eigenvalue weighted by atomic mass is 32.2. The molecule has 144 valence electrons. The molecular weight excluding hydrogens is 367 g/mol. The molecule has 27 heavy (non-hydrogen) atoms. The standard InChI is InChI=1S/C20H23FN2O3S/c1-13(2)19(14-6-8-16(21)9-7-14)22-20(24)15-4-3-5-18(12-15)27(25,26)23-17-10-11-17/h3-9,12-13,17,19,23H,10-11H2,1-2H3,(H,22,24). The second-order valence-electron chi connectivity index (χ2n) is 7.17. The number of amides is 1. The Morgan fingerprint density at radius 2 is 1.78 bits per heavy atom. The average molecular weight is 390 g/mol. The zero-order chi connectivity index (χ0) is 19.6. The van der Waals surface area contributed by atoms with Crippen molar-refractivity contribution in [3.8, 4) is 0 Å². The number of hydrogen-bond acceptors (Lipinski definition) is 3. The van der Waals surface area contributed by atoms with Crippen LogP contribution in [-0.2, 0) is 10.0 Å². The van der Waals surface area contributed by atoms with E-state index in [2.05, 4.69) is 10.0 Å². The molecule has 0 heterocycles. The third-order valence-electron chi connectivity index (χ3n) is 4.49. The fourth-order valence-corrected chi connectivity index (χ4v) is 4.17. The van der Waals surface area contributed by atoms with Gasteiger partial charge < -0.3 is 5.32 Å². The number of nitrogens with one attached hydrogen (secondary N) is 2. The molecule has 1 saturated carbocycles. The molecule has 1 atom stereocenters. The van der Waals surface area contributed by atoms with Gasteiger partial charge in [0, 0.05) is 11.6 Å². The van der Waals surface area contributed by atoms with Crippen LogP contribution < -0.4 is 10.0 Å². The highest BCUT2D eigenvalue weighted by Crippen LogP contribution is 2.24. The van der Waals surface area contributed by atoms with Crippen molar-refractivity contribution < 1.29 is 17.6 Å². The maximum absolute atomic E-state index is 13.2. The molecular formula is C20H23FN2O3S. The molecule has 1 aliphatic carbocycles. The molecule has 0 aromatic heterocycles. The number of benzene rings is 2. The number of halogens is 1. The molecule has 2 aromatic rings. The molecule has 2 aromatic carbocycles. The lowest BCUT2D eigenvalue weighted by atomic mass is 9.95. The Hall–Kier alpha value is -2.25. The lowest BCUT2D eigenvalue weighted by Gasteiger charge is -2.23. The predicted octanol–water partition coefficient (Wildman–Crippen LogP) is 3.39. The Balaban J connectivity index is 1.80. The molecule has 1 fully saturated rings. The first-order valence-corrected chi connectivity index (χ1v) is 10.4. The van der Waals surface area contributed by atoms with Crippen molar-refractivity contribution in [1.29, 1.82) is 0 Å². The van der Waals surface area contributed by atoms with E-state index < -0.39 is 10.0 Å². The summed E-state index contributed by atoms with van der Waals surface area (Å²) in [5, 5.41) is 2.92. The largest absolute Gasteiger partial charge is 0.345 e. The molecule has 0 spiro atoms. The Morgan fingerprint density at radius 1 is 1.11 bits per heavy atom. The van der Waals surface area contributed by atoms with Gasteiger partial charge in [-0.1, -0.05) is 32.0 Å². The van der Waals surface area contributed by atoms with Gasteiger partial charge in [-0.2, -0.15) is 0 Å². The van der Waals surface area contributed by atoms with Crippen molar-refractivity contribution in [2.45, 2.75) is 43.7 Å². The zero-order valence-electron chi connectivity index (χ0n) is 15.3. The molecule has 0 aliphatic heterocycles. The average Bonchev–Trinajstić information content (AvgIpc) is 3.43. The van der Waals surface area contributed by atoms with E-state index in [1.54, 1.807) is 24.3 Å². The minimum atomic E-state index is -3.63. The number of carbonyl (C=O) groups is 1. The highest BCUT2D eigenvalue weighted by molar-refractivity contribution is 7.89. The first-order valence-electron chi connectivity index (χ1n) is 8.95. The normalized spacial score (nSPS) is 15.6. The van der Waals surface area contributed by atoms with Crippen molar-refractivity contribution in [3.05, 3.63) is 65.5 Å². The summed E-state index contributed by atoms with van der Waals surface area (Å²) in [7, 11) is -3.63. The molecule has 1 unspecified atom stereocenters. The van der Waals surface area contributed by atoms with E-state index in [-0.39, 0.29) is 40.2 Å². The second-order valence-corrected chi connectivity index (χ2v) is 8.88. The first kappa shape index (κ1) is 19.5. The number of sulfonamides is 1. The molecule has 1 amide bonds. The van der Waals surface area contributed by atoms with E-state index in [4.69, 9.17) is 0 Å². The molecule has 0 bridgehead atoms. The minimum absolute atomic E-state index is 0.00344. The van der Waals surface area contributed by atoms with Gasteiger partial charge in [-0.3, -0.25) is 4.79 Å². The van der Waals surface area contributed by atoms with Crippen LogP contribution in [-0.4, -0.2) is 20.4 Å². The van der Waals surface area contributed by atoms with E-state index in [9.17, 15) is 17.6 Å². The fourth-order valence-electron chi connectivity index (χ4n) is 2.82. The van der Waals surface area contributed by atoms with Gasteiger partial charge in [0.2, 0.25) is 10.0 Å². The van der Waals surface area contributed by atoms with Crippen molar-refractivity contribution in [3.63, 3.8) is 0 Å². The lowest BCUT2D eigenvalue weighted by Crippen LogP contribution is -2.32. The Kier molecular flexibility index (Phi) is 5.62. The Morgan fingerprint density at radius 3 is 2.37 bits per heavy atom. The molecule has 0 saturated heterocycles. The van der Waals surface area contributed by atoms with E-state index in [0.29, 0.717) is 0 Å². The summed E-state index contributed by atoms with van der Waals surface area (Å²) in [5.41, 5.74) is 1.06. The molecule has 2 N–H and O–H groups in total. The smallest absolute Gasteiger partial charge is 0.251 e. The molecule has 3 rings (SSSR count). The second kappa shape index (κ2) is 7.78. The van der Waals surface area contributed by atoms with Crippen LogP contribution >= 0.6 is 0 Å². The van der Waals surface area contributed by atoms with Crippen LogP contribution in [0.1, 0.15) is 48.7 Å². The van der Waals surface area contributed by atoms with Crippen LogP contribution in [0.3, 0.4) is 0 Å². The predicted molar refractivity (Wildman–Crippen MR) is 101 cm³/mol. The van der Waals surface area contributed by atoms with Gasteiger partial charge >= 0.3 is 0 Å². The Labute approximate surface area is 159 Å². The topological polar surface area (TPSA) is 75.3 Å². The summed E-state index contributed by atoms with van der Waals surface area (Å²) < 4.78 is 40.5. The SMILES string of the molecule is CC(C)C(NC(=O)c1cccc(S(=O)(=O)NC2CC2)c1)c1ccc(F)cc1. The molecule has 5 nitrogen and oxygen atoms in total. The third-order valence-corrected chi connectivity index (χ3v) is 6.01. The van der Waals surface area contributed by atoms with Crippen LogP contribution in [0.2, 0.25) is 0 Å². The van der Waals surface area contributed by atoms with E-state index in [0.717, 1.165) is 18.4 Å². The highest BCUT2D eigenvalue weighted by Gasteiger charge is 2.28.